The van der Waals surface area contributed by atoms with E-state index in [1.54, 1.807) is 16.7 Å². The number of ether oxygens (including phenoxy) is 1. The molecule has 1 heterocycles. The topological polar surface area (TPSA) is 58.6 Å². The molecule has 1 aliphatic heterocycles. The van der Waals surface area contributed by atoms with Crippen molar-refractivity contribution in [1.29, 1.82) is 0 Å². The molecule has 1 saturated heterocycles. The van der Waals surface area contributed by atoms with E-state index in [2.05, 4.69) is 5.32 Å². The number of nitrogens with one attached hydrogen (secondary N) is 1. The number of amides is 2. The fourth-order valence-electron chi connectivity index (χ4n) is 4.57. The number of hydrogen-bond acceptors (Lipinski definition) is 4. The highest BCUT2D eigenvalue weighted by Gasteiger charge is 2.46. The Bertz CT molecular complexity index is 905. The number of anilines is 1. The van der Waals surface area contributed by atoms with Gasteiger partial charge in [0.25, 0.3) is 0 Å². The van der Waals surface area contributed by atoms with Crippen LogP contribution >= 0.6 is 11.8 Å². The van der Waals surface area contributed by atoms with Crippen LogP contribution in [0.15, 0.2) is 42.5 Å². The highest BCUT2D eigenvalue weighted by Crippen LogP contribution is 2.41. The highest BCUT2D eigenvalue weighted by molar-refractivity contribution is 8.00. The lowest BCUT2D eigenvalue weighted by atomic mass is 9.88. The summed E-state index contributed by atoms with van der Waals surface area (Å²) in [5.41, 5.74) is 0.772. The van der Waals surface area contributed by atoms with Gasteiger partial charge in [-0.05, 0) is 44.1 Å². The molecule has 2 amide bonds. The van der Waals surface area contributed by atoms with E-state index in [1.807, 2.05) is 56.3 Å². The van der Waals surface area contributed by atoms with E-state index in [-0.39, 0.29) is 23.5 Å². The van der Waals surface area contributed by atoms with Crippen molar-refractivity contribution in [2.75, 3.05) is 11.1 Å². The number of hydrogen-bond donors (Lipinski definition) is 1. The Morgan fingerprint density at radius 3 is 2.57 bits per heavy atom. The van der Waals surface area contributed by atoms with Crippen molar-refractivity contribution < 1.29 is 14.3 Å². The smallest absolute Gasteiger partial charge is 0.330 e. The summed E-state index contributed by atoms with van der Waals surface area (Å²) in [5.74, 6) is 0.720. The molecule has 1 N–H and O–H groups in total. The summed E-state index contributed by atoms with van der Waals surface area (Å²) >= 11 is 1.73. The predicted molar refractivity (Wildman–Crippen MR) is 123 cm³/mol. The Morgan fingerprint density at radius 2 is 1.80 bits per heavy atom. The molecule has 1 saturated carbocycles. The molecular formula is C24H30N2O3S. The van der Waals surface area contributed by atoms with Crippen molar-refractivity contribution in [1.82, 2.24) is 4.90 Å². The van der Waals surface area contributed by atoms with Gasteiger partial charge in [-0.3, -0.25) is 4.90 Å². The summed E-state index contributed by atoms with van der Waals surface area (Å²) in [6.45, 7) is 3.69. The monoisotopic (exact) mass is 426 g/mol. The molecule has 2 aromatic carbocycles. The van der Waals surface area contributed by atoms with Crippen LogP contribution < -0.4 is 5.32 Å². The lowest BCUT2D eigenvalue weighted by Crippen LogP contribution is -2.50. The summed E-state index contributed by atoms with van der Waals surface area (Å²) < 4.78 is 5.50. The van der Waals surface area contributed by atoms with Crippen molar-refractivity contribution >= 4 is 40.2 Å². The minimum atomic E-state index is -0.542. The Hall–Kier alpha value is -2.21. The summed E-state index contributed by atoms with van der Waals surface area (Å²) in [6, 6.07) is 13.1. The van der Waals surface area contributed by atoms with E-state index >= 15 is 0 Å². The van der Waals surface area contributed by atoms with E-state index in [4.69, 9.17) is 4.74 Å². The van der Waals surface area contributed by atoms with Crippen molar-refractivity contribution in [3.63, 3.8) is 0 Å². The quantitative estimate of drug-likeness (QED) is 0.642. The number of benzene rings is 2. The first-order valence-corrected chi connectivity index (χ1v) is 12.0. The van der Waals surface area contributed by atoms with Crippen LogP contribution in [0, 0.1) is 5.92 Å². The molecule has 5 nitrogen and oxygen atoms in total. The van der Waals surface area contributed by atoms with Crippen LogP contribution in [0.4, 0.5) is 10.5 Å². The van der Waals surface area contributed by atoms with Gasteiger partial charge in [0.2, 0.25) is 0 Å². The standard InChI is InChI=1S/C24H30N2O3S/c1-16(2)29-23(27)21-15-30-22(18-10-4-3-5-11-18)26(21)24(28)25-20-14-8-12-17-9-6-7-13-19(17)20/h6-9,12-14,16,18,21-22H,3-5,10-11,15H2,1-2H3,(H,25,28)/t21-,22+/m1/s1. The van der Waals surface area contributed by atoms with E-state index in [0.29, 0.717) is 11.7 Å². The largest absolute Gasteiger partial charge is 0.461 e. The van der Waals surface area contributed by atoms with Gasteiger partial charge in [-0.15, -0.1) is 11.8 Å². The van der Waals surface area contributed by atoms with Gasteiger partial charge >= 0.3 is 12.0 Å². The second-order valence-electron chi connectivity index (χ2n) is 8.49. The molecule has 30 heavy (non-hydrogen) atoms. The van der Waals surface area contributed by atoms with Crippen molar-refractivity contribution in [3.8, 4) is 0 Å². The van der Waals surface area contributed by atoms with Gasteiger partial charge in [0.1, 0.15) is 6.04 Å². The molecule has 2 fully saturated rings. The number of rotatable bonds is 4. The molecule has 2 aromatic rings. The first-order valence-electron chi connectivity index (χ1n) is 10.9. The number of carbonyl (C=O) groups excluding carboxylic acids is 2. The Morgan fingerprint density at radius 1 is 1.07 bits per heavy atom. The first kappa shape index (κ1) is 21.0. The molecule has 0 radical (unpaired) electrons. The number of thioether (sulfide) groups is 1. The third-order valence-electron chi connectivity index (χ3n) is 5.98. The average molecular weight is 427 g/mol. The van der Waals surface area contributed by atoms with Crippen LogP contribution in [0.5, 0.6) is 0 Å². The van der Waals surface area contributed by atoms with Crippen LogP contribution in [-0.2, 0) is 9.53 Å². The summed E-state index contributed by atoms with van der Waals surface area (Å²) in [5, 5.41) is 5.19. The highest BCUT2D eigenvalue weighted by atomic mass is 32.2. The molecule has 6 heteroatoms. The van der Waals surface area contributed by atoms with Gasteiger partial charge in [-0.1, -0.05) is 55.7 Å². The van der Waals surface area contributed by atoms with E-state index < -0.39 is 6.04 Å². The van der Waals surface area contributed by atoms with Gasteiger partial charge < -0.3 is 10.1 Å². The Kier molecular flexibility index (Phi) is 6.52. The third kappa shape index (κ3) is 4.43. The maximum Gasteiger partial charge on any atom is 0.330 e. The van der Waals surface area contributed by atoms with Crippen LogP contribution in [-0.4, -0.2) is 40.2 Å². The van der Waals surface area contributed by atoms with Crippen molar-refractivity contribution in [2.24, 2.45) is 5.92 Å². The Balaban J connectivity index is 1.60. The molecule has 0 aromatic heterocycles. The number of nitrogens with zero attached hydrogens (tertiary/aromatic N) is 1. The molecule has 1 aliphatic carbocycles. The van der Waals surface area contributed by atoms with Crippen molar-refractivity contribution in [3.05, 3.63) is 42.5 Å². The van der Waals surface area contributed by atoms with Gasteiger partial charge in [0.15, 0.2) is 0 Å². The zero-order chi connectivity index (χ0) is 21.1. The molecule has 4 rings (SSSR count). The second-order valence-corrected chi connectivity index (χ2v) is 9.64. The molecule has 2 atom stereocenters. The van der Waals surface area contributed by atoms with E-state index in [1.165, 1.54) is 19.3 Å². The number of carbonyl (C=O) groups is 2. The predicted octanol–water partition coefficient (Wildman–Crippen LogP) is 5.65. The average Bonchev–Trinajstić information content (AvgIpc) is 3.20. The van der Waals surface area contributed by atoms with E-state index in [0.717, 1.165) is 29.3 Å². The Labute approximate surface area is 182 Å². The van der Waals surface area contributed by atoms with E-state index in [9.17, 15) is 9.59 Å². The van der Waals surface area contributed by atoms with Crippen LogP contribution in [0.3, 0.4) is 0 Å². The van der Waals surface area contributed by atoms with Gasteiger partial charge in [-0.25, -0.2) is 9.59 Å². The summed E-state index contributed by atoms with van der Waals surface area (Å²) in [4.78, 5) is 28.1. The second kappa shape index (κ2) is 9.29. The van der Waals surface area contributed by atoms with Gasteiger partial charge in [0, 0.05) is 11.1 Å². The maximum atomic E-state index is 13.5. The van der Waals surface area contributed by atoms with Crippen LogP contribution in [0.25, 0.3) is 10.8 Å². The number of urea groups is 1. The normalized spacial score (nSPS) is 22.4. The molecule has 0 unspecified atom stereocenters. The molecule has 0 spiro atoms. The molecule has 0 bridgehead atoms. The van der Waals surface area contributed by atoms with Crippen LogP contribution in [0.2, 0.25) is 0 Å². The molecule has 160 valence electrons. The number of fused-ring (bicyclic) bond motifs is 1. The summed E-state index contributed by atoms with van der Waals surface area (Å²) in [7, 11) is 0. The fourth-order valence-corrected chi connectivity index (χ4v) is 6.20. The van der Waals surface area contributed by atoms with Gasteiger partial charge in [0.05, 0.1) is 17.2 Å². The zero-order valence-corrected chi connectivity index (χ0v) is 18.5. The first-order chi connectivity index (χ1) is 14.5. The van der Waals surface area contributed by atoms with Crippen molar-refractivity contribution in [2.45, 2.75) is 63.5 Å². The zero-order valence-electron chi connectivity index (χ0n) is 17.7. The number of esters is 1. The molecule has 2 aliphatic rings. The minimum absolute atomic E-state index is 0.0185. The summed E-state index contributed by atoms with van der Waals surface area (Å²) in [6.07, 6.45) is 5.68. The van der Waals surface area contributed by atoms with Crippen LogP contribution in [0.1, 0.15) is 46.0 Å². The molecular weight excluding hydrogens is 396 g/mol. The maximum absolute atomic E-state index is 13.5. The lowest BCUT2D eigenvalue weighted by Gasteiger charge is -2.35. The third-order valence-corrected chi connectivity index (χ3v) is 7.44. The lowest BCUT2D eigenvalue weighted by molar-refractivity contribution is -0.151. The fraction of sp³-hybridized carbons (Fsp3) is 0.500. The minimum Gasteiger partial charge on any atom is -0.461 e. The SMILES string of the molecule is CC(C)OC(=O)[C@H]1CS[C@@H](C2CCCCC2)N1C(=O)Nc1cccc2ccccc12. The van der Waals surface area contributed by atoms with Gasteiger partial charge in [-0.2, -0.15) is 0 Å².